The Bertz CT molecular complexity index is 592. The lowest BCUT2D eigenvalue weighted by atomic mass is 9.98. The molecule has 1 saturated heterocycles. The molecule has 10 heteroatoms. The fourth-order valence-corrected chi connectivity index (χ4v) is 2.35. The molecule has 1 rings (SSSR count). The molecule has 0 aromatic heterocycles. The molecule has 0 radical (unpaired) electrons. The normalized spacial score (nSPS) is 27.4. The lowest BCUT2D eigenvalue weighted by Gasteiger charge is -2.43. The van der Waals surface area contributed by atoms with E-state index in [2.05, 4.69) is 0 Å². The summed E-state index contributed by atoms with van der Waals surface area (Å²) in [6, 6.07) is 0. The van der Waals surface area contributed by atoms with Crippen molar-refractivity contribution in [1.82, 2.24) is 0 Å². The summed E-state index contributed by atoms with van der Waals surface area (Å²) in [5.74, 6) is -2.81. The largest absolute Gasteiger partial charge is 0.463 e. The zero-order valence-corrected chi connectivity index (χ0v) is 14.8. The molecule has 0 bridgehead atoms. The van der Waals surface area contributed by atoms with E-state index >= 15 is 0 Å². The second-order valence-corrected chi connectivity index (χ2v) is 5.30. The SMILES string of the molecule is C#CO[C@H]1O[C@H](COC(C)=O)[C@@H](OC(C)=O)[C@H](OC(C)=O)[C@@H]1OC(C)=O. The van der Waals surface area contributed by atoms with Crippen LogP contribution in [0.1, 0.15) is 27.7 Å². The Hall–Kier alpha value is -2.80. The Morgan fingerprint density at radius 3 is 1.81 bits per heavy atom. The summed E-state index contributed by atoms with van der Waals surface area (Å²) < 4.78 is 30.8. The minimum absolute atomic E-state index is 0.345. The van der Waals surface area contributed by atoms with Crippen molar-refractivity contribution in [2.75, 3.05) is 6.61 Å². The van der Waals surface area contributed by atoms with Gasteiger partial charge in [0.25, 0.3) is 6.29 Å². The van der Waals surface area contributed by atoms with Gasteiger partial charge in [-0.05, 0) is 0 Å². The number of hydrogen-bond donors (Lipinski definition) is 0. The monoisotopic (exact) mass is 372 g/mol. The number of esters is 4. The van der Waals surface area contributed by atoms with Crippen LogP contribution in [0.25, 0.3) is 0 Å². The Labute approximate surface area is 150 Å². The first kappa shape index (κ1) is 21.2. The molecule has 0 aromatic rings. The molecule has 5 atom stereocenters. The Morgan fingerprint density at radius 1 is 0.846 bits per heavy atom. The summed E-state index contributed by atoms with van der Waals surface area (Å²) in [4.78, 5) is 45.5. The van der Waals surface area contributed by atoms with Crippen LogP contribution in [0.4, 0.5) is 0 Å². The van der Waals surface area contributed by atoms with Crippen molar-refractivity contribution >= 4 is 23.9 Å². The number of carbonyl (C=O) groups is 4. The number of hydrogen-bond acceptors (Lipinski definition) is 10. The molecule has 0 spiro atoms. The summed E-state index contributed by atoms with van der Waals surface area (Å²) in [5.41, 5.74) is 0. The van der Waals surface area contributed by atoms with Crippen LogP contribution >= 0.6 is 0 Å². The van der Waals surface area contributed by atoms with Crippen LogP contribution in [0.3, 0.4) is 0 Å². The van der Waals surface area contributed by atoms with Crippen LogP contribution < -0.4 is 0 Å². The van der Waals surface area contributed by atoms with Crippen molar-refractivity contribution in [2.24, 2.45) is 0 Å². The first-order chi connectivity index (χ1) is 12.1. The molecular formula is C16H20O10. The smallest absolute Gasteiger partial charge is 0.303 e. The standard InChI is InChI=1S/C16H20O10/c1-6-21-16-15(25-11(5)20)14(24-10(4)19)13(23-9(3)18)12(26-16)7-22-8(2)17/h1,12-16H,7H2,2-5H3/t12-,13-,14+,15+,16+/m1/s1. The van der Waals surface area contributed by atoms with Gasteiger partial charge in [-0.2, -0.15) is 0 Å². The van der Waals surface area contributed by atoms with Crippen molar-refractivity contribution in [2.45, 2.75) is 58.4 Å². The van der Waals surface area contributed by atoms with Gasteiger partial charge in [0, 0.05) is 27.7 Å². The summed E-state index contributed by atoms with van der Waals surface area (Å²) in [5, 5.41) is 0. The van der Waals surface area contributed by atoms with Crippen molar-refractivity contribution in [3.8, 4) is 12.5 Å². The molecule has 26 heavy (non-hydrogen) atoms. The zero-order chi connectivity index (χ0) is 19.9. The highest BCUT2D eigenvalue weighted by molar-refractivity contribution is 5.68. The molecule has 0 unspecified atom stereocenters. The Balaban J connectivity index is 3.24. The van der Waals surface area contributed by atoms with Crippen molar-refractivity contribution in [1.29, 1.82) is 0 Å². The van der Waals surface area contributed by atoms with Gasteiger partial charge in [-0.3, -0.25) is 19.2 Å². The third-order valence-corrected chi connectivity index (χ3v) is 3.13. The van der Waals surface area contributed by atoms with Gasteiger partial charge in [0.05, 0.1) is 0 Å². The van der Waals surface area contributed by atoms with Crippen LogP contribution in [0.5, 0.6) is 0 Å². The summed E-state index contributed by atoms with van der Waals surface area (Å²) in [7, 11) is 0. The lowest BCUT2D eigenvalue weighted by Crippen LogP contribution is -2.62. The van der Waals surface area contributed by atoms with Crippen molar-refractivity contribution in [3.05, 3.63) is 0 Å². The molecule has 1 heterocycles. The maximum absolute atomic E-state index is 11.5. The topological polar surface area (TPSA) is 124 Å². The van der Waals surface area contributed by atoms with E-state index in [9.17, 15) is 19.2 Å². The molecule has 10 nitrogen and oxygen atoms in total. The number of terminal acetylenes is 1. The molecule has 1 aliphatic heterocycles. The molecule has 1 fully saturated rings. The third-order valence-electron chi connectivity index (χ3n) is 3.13. The average Bonchev–Trinajstić information content (AvgIpc) is 2.50. The summed E-state index contributed by atoms with van der Waals surface area (Å²) in [6.45, 7) is 4.18. The summed E-state index contributed by atoms with van der Waals surface area (Å²) >= 11 is 0. The average molecular weight is 372 g/mol. The van der Waals surface area contributed by atoms with Gasteiger partial charge in [0.15, 0.2) is 12.2 Å². The van der Waals surface area contributed by atoms with Crippen LogP contribution in [0.15, 0.2) is 0 Å². The first-order valence-electron chi connectivity index (χ1n) is 7.57. The van der Waals surface area contributed by atoms with E-state index in [1.54, 1.807) is 0 Å². The van der Waals surface area contributed by atoms with Crippen LogP contribution in [0, 0.1) is 12.5 Å². The fraction of sp³-hybridized carbons (Fsp3) is 0.625. The lowest BCUT2D eigenvalue weighted by molar-refractivity contribution is -0.294. The molecule has 0 amide bonds. The highest BCUT2D eigenvalue weighted by Gasteiger charge is 2.53. The van der Waals surface area contributed by atoms with Crippen molar-refractivity contribution < 1.29 is 47.6 Å². The fourth-order valence-electron chi connectivity index (χ4n) is 2.35. The van der Waals surface area contributed by atoms with E-state index in [0.717, 1.165) is 20.8 Å². The van der Waals surface area contributed by atoms with Gasteiger partial charge < -0.3 is 28.4 Å². The molecule has 1 aliphatic rings. The quantitative estimate of drug-likeness (QED) is 0.348. The van der Waals surface area contributed by atoms with Crippen LogP contribution in [-0.2, 0) is 47.6 Å². The number of carbonyl (C=O) groups excluding carboxylic acids is 4. The Morgan fingerprint density at radius 2 is 1.35 bits per heavy atom. The minimum atomic E-state index is -1.35. The van der Waals surface area contributed by atoms with E-state index in [4.69, 9.17) is 34.8 Å². The molecule has 0 N–H and O–H groups in total. The zero-order valence-electron chi connectivity index (χ0n) is 14.8. The number of rotatable bonds is 6. The van der Waals surface area contributed by atoms with Gasteiger partial charge in [-0.15, -0.1) is 0 Å². The maximum Gasteiger partial charge on any atom is 0.303 e. The Kier molecular flexibility index (Phi) is 7.86. The highest BCUT2D eigenvalue weighted by Crippen LogP contribution is 2.29. The van der Waals surface area contributed by atoms with E-state index in [1.165, 1.54) is 6.92 Å². The van der Waals surface area contributed by atoms with Gasteiger partial charge in [0.1, 0.15) is 18.8 Å². The molecule has 0 aliphatic carbocycles. The second kappa shape index (κ2) is 9.62. The minimum Gasteiger partial charge on any atom is -0.463 e. The highest BCUT2D eigenvalue weighted by atomic mass is 16.7. The van der Waals surface area contributed by atoms with E-state index in [0.29, 0.717) is 0 Å². The van der Waals surface area contributed by atoms with Crippen molar-refractivity contribution in [3.63, 3.8) is 0 Å². The molecule has 144 valence electrons. The van der Waals surface area contributed by atoms with Gasteiger partial charge in [-0.1, -0.05) is 6.42 Å². The first-order valence-corrected chi connectivity index (χ1v) is 7.57. The molecular weight excluding hydrogens is 352 g/mol. The van der Waals surface area contributed by atoms with Crippen LogP contribution in [0.2, 0.25) is 0 Å². The van der Waals surface area contributed by atoms with Gasteiger partial charge >= 0.3 is 23.9 Å². The second-order valence-electron chi connectivity index (χ2n) is 5.30. The predicted molar refractivity (Wildman–Crippen MR) is 81.9 cm³/mol. The van der Waals surface area contributed by atoms with Gasteiger partial charge in [-0.25, -0.2) is 0 Å². The van der Waals surface area contributed by atoms with Crippen LogP contribution in [-0.4, -0.2) is 61.2 Å². The van der Waals surface area contributed by atoms with E-state index in [1.807, 2.05) is 6.11 Å². The predicted octanol–water partition coefficient (Wildman–Crippen LogP) is -0.323. The van der Waals surface area contributed by atoms with E-state index in [-0.39, 0.29) is 6.61 Å². The molecule has 0 saturated carbocycles. The molecule has 0 aromatic carbocycles. The van der Waals surface area contributed by atoms with Gasteiger partial charge in [0.2, 0.25) is 6.10 Å². The summed E-state index contributed by atoms with van der Waals surface area (Å²) in [6.07, 6.45) is 0.711. The van der Waals surface area contributed by atoms with E-state index < -0.39 is 54.6 Å². The third kappa shape index (κ3) is 6.25. The maximum atomic E-state index is 11.5. The number of ether oxygens (including phenoxy) is 6.